The zero-order chi connectivity index (χ0) is 14.5. The predicted octanol–water partition coefficient (Wildman–Crippen LogP) is 2.58. The van der Waals surface area contributed by atoms with Crippen LogP contribution >= 0.6 is 0 Å². The standard InChI is InChI=1S/C14H15F3N2O/c1-2-10-12-8-4-3-5-9(14(15,16)17)11(8)13(20)19(12)7-6-18-10/h3-5,10,12,18H,2,6-7H2,1H3/t10-,12+/m0/s1. The predicted molar refractivity (Wildman–Crippen MR) is 67.3 cm³/mol. The number of halogens is 3. The number of piperazine rings is 1. The molecule has 0 spiro atoms. The third-order valence-corrected chi connectivity index (χ3v) is 4.11. The summed E-state index contributed by atoms with van der Waals surface area (Å²) in [5.41, 5.74) is -0.472. The molecular weight excluding hydrogens is 269 g/mol. The molecule has 0 aromatic heterocycles. The Morgan fingerprint density at radius 3 is 2.80 bits per heavy atom. The van der Waals surface area contributed by atoms with Crippen molar-refractivity contribution in [3.63, 3.8) is 0 Å². The van der Waals surface area contributed by atoms with Gasteiger partial charge in [0.05, 0.1) is 17.2 Å². The lowest BCUT2D eigenvalue weighted by Crippen LogP contribution is -2.51. The van der Waals surface area contributed by atoms with Crippen molar-refractivity contribution in [2.75, 3.05) is 13.1 Å². The van der Waals surface area contributed by atoms with E-state index in [0.717, 1.165) is 12.5 Å². The summed E-state index contributed by atoms with van der Waals surface area (Å²) < 4.78 is 39.3. The summed E-state index contributed by atoms with van der Waals surface area (Å²) in [7, 11) is 0. The number of hydrogen-bond acceptors (Lipinski definition) is 2. The van der Waals surface area contributed by atoms with E-state index in [1.807, 2.05) is 6.92 Å². The number of hydrogen-bond donors (Lipinski definition) is 1. The number of alkyl halides is 3. The van der Waals surface area contributed by atoms with Gasteiger partial charge < -0.3 is 10.2 Å². The molecule has 1 N–H and O–H groups in total. The van der Waals surface area contributed by atoms with E-state index in [2.05, 4.69) is 5.32 Å². The Hall–Kier alpha value is -1.56. The van der Waals surface area contributed by atoms with Crippen LogP contribution in [0.1, 0.15) is 40.9 Å². The monoisotopic (exact) mass is 284 g/mol. The number of benzene rings is 1. The molecule has 2 aliphatic heterocycles. The number of carbonyl (C=O) groups is 1. The first-order valence-electron chi connectivity index (χ1n) is 6.69. The fourth-order valence-electron chi connectivity index (χ4n) is 3.25. The molecule has 1 fully saturated rings. The van der Waals surface area contributed by atoms with Crippen LogP contribution in [0.3, 0.4) is 0 Å². The molecule has 2 heterocycles. The molecule has 1 aromatic carbocycles. The van der Waals surface area contributed by atoms with Gasteiger partial charge in [0.2, 0.25) is 0 Å². The second-order valence-corrected chi connectivity index (χ2v) is 5.18. The molecule has 3 rings (SSSR count). The van der Waals surface area contributed by atoms with Crippen LogP contribution in [0.15, 0.2) is 18.2 Å². The Bertz CT molecular complexity index is 556. The highest BCUT2D eigenvalue weighted by molar-refractivity contribution is 6.01. The normalized spacial score (nSPS) is 25.6. The minimum absolute atomic E-state index is 0.0115. The summed E-state index contributed by atoms with van der Waals surface area (Å²) in [5, 5.41) is 3.28. The van der Waals surface area contributed by atoms with Crippen molar-refractivity contribution in [3.05, 3.63) is 34.9 Å². The van der Waals surface area contributed by atoms with Gasteiger partial charge in [0.25, 0.3) is 5.91 Å². The highest BCUT2D eigenvalue weighted by atomic mass is 19.4. The van der Waals surface area contributed by atoms with Crippen LogP contribution in [-0.4, -0.2) is 29.9 Å². The molecule has 1 amide bonds. The first-order chi connectivity index (χ1) is 9.45. The van der Waals surface area contributed by atoms with Crippen LogP contribution in [0.25, 0.3) is 0 Å². The topological polar surface area (TPSA) is 32.3 Å². The van der Waals surface area contributed by atoms with Crippen molar-refractivity contribution in [2.24, 2.45) is 0 Å². The van der Waals surface area contributed by atoms with Crippen molar-refractivity contribution < 1.29 is 18.0 Å². The fourth-order valence-corrected chi connectivity index (χ4v) is 3.25. The van der Waals surface area contributed by atoms with Crippen LogP contribution in [0.2, 0.25) is 0 Å². The summed E-state index contributed by atoms with van der Waals surface area (Å²) in [4.78, 5) is 13.9. The quantitative estimate of drug-likeness (QED) is 0.859. The molecule has 1 saturated heterocycles. The van der Waals surface area contributed by atoms with E-state index in [9.17, 15) is 18.0 Å². The maximum absolute atomic E-state index is 13.1. The first-order valence-corrected chi connectivity index (χ1v) is 6.69. The summed E-state index contributed by atoms with van der Waals surface area (Å²) in [6.07, 6.45) is -3.73. The van der Waals surface area contributed by atoms with Gasteiger partial charge >= 0.3 is 6.18 Å². The van der Waals surface area contributed by atoms with Gasteiger partial charge in [0.15, 0.2) is 0 Å². The van der Waals surface area contributed by atoms with Crippen molar-refractivity contribution in [1.29, 1.82) is 0 Å². The second-order valence-electron chi connectivity index (χ2n) is 5.18. The Kier molecular flexibility index (Phi) is 3.01. The van der Waals surface area contributed by atoms with Crippen LogP contribution in [0.4, 0.5) is 13.2 Å². The molecule has 3 nitrogen and oxygen atoms in total. The molecule has 108 valence electrons. The third kappa shape index (κ3) is 1.82. The van der Waals surface area contributed by atoms with E-state index in [4.69, 9.17) is 0 Å². The first kappa shape index (κ1) is 13.4. The van der Waals surface area contributed by atoms with Gasteiger partial charge in [-0.2, -0.15) is 13.2 Å². The lowest BCUT2D eigenvalue weighted by molar-refractivity contribution is -0.137. The van der Waals surface area contributed by atoms with E-state index in [0.29, 0.717) is 18.7 Å². The average Bonchev–Trinajstić information content (AvgIpc) is 2.72. The van der Waals surface area contributed by atoms with Crippen molar-refractivity contribution >= 4 is 5.91 Å². The van der Waals surface area contributed by atoms with Crippen molar-refractivity contribution in [3.8, 4) is 0 Å². The zero-order valence-corrected chi connectivity index (χ0v) is 11.0. The Balaban J connectivity index is 2.16. The minimum atomic E-state index is -4.50. The Labute approximate surface area is 114 Å². The molecule has 0 saturated carbocycles. The van der Waals surface area contributed by atoms with Crippen molar-refractivity contribution in [1.82, 2.24) is 10.2 Å². The zero-order valence-electron chi connectivity index (χ0n) is 11.0. The average molecular weight is 284 g/mol. The van der Waals surface area contributed by atoms with Crippen molar-refractivity contribution in [2.45, 2.75) is 31.6 Å². The van der Waals surface area contributed by atoms with Gasteiger partial charge in [0, 0.05) is 19.1 Å². The van der Waals surface area contributed by atoms with Crippen LogP contribution < -0.4 is 5.32 Å². The third-order valence-electron chi connectivity index (χ3n) is 4.11. The van der Waals surface area contributed by atoms with Crippen LogP contribution in [-0.2, 0) is 6.18 Å². The maximum atomic E-state index is 13.1. The number of amides is 1. The van der Waals surface area contributed by atoms with E-state index < -0.39 is 17.6 Å². The van der Waals surface area contributed by atoms with Gasteiger partial charge in [-0.15, -0.1) is 0 Å². The second kappa shape index (κ2) is 4.48. The minimum Gasteiger partial charge on any atom is -0.329 e. The number of carbonyl (C=O) groups excluding carboxylic acids is 1. The number of rotatable bonds is 1. The van der Waals surface area contributed by atoms with E-state index >= 15 is 0 Å². The number of nitrogens with one attached hydrogen (secondary N) is 1. The summed E-state index contributed by atoms with van der Waals surface area (Å²) >= 11 is 0. The number of nitrogens with zero attached hydrogens (tertiary/aromatic N) is 1. The van der Waals surface area contributed by atoms with E-state index in [1.165, 1.54) is 6.07 Å². The molecule has 0 bridgehead atoms. The Morgan fingerprint density at radius 2 is 2.15 bits per heavy atom. The smallest absolute Gasteiger partial charge is 0.329 e. The maximum Gasteiger partial charge on any atom is 0.417 e. The van der Waals surface area contributed by atoms with Gasteiger partial charge in [-0.25, -0.2) is 0 Å². The molecule has 2 aliphatic rings. The highest BCUT2D eigenvalue weighted by Crippen LogP contribution is 2.43. The summed E-state index contributed by atoms with van der Waals surface area (Å²) in [6.45, 7) is 3.04. The fraction of sp³-hybridized carbons (Fsp3) is 0.500. The molecule has 6 heteroatoms. The van der Waals surface area contributed by atoms with Gasteiger partial charge in [-0.3, -0.25) is 4.79 Å². The molecule has 0 radical (unpaired) electrons. The largest absolute Gasteiger partial charge is 0.417 e. The highest BCUT2D eigenvalue weighted by Gasteiger charge is 2.47. The molecule has 20 heavy (non-hydrogen) atoms. The number of fused-ring (bicyclic) bond motifs is 3. The van der Waals surface area contributed by atoms with Gasteiger partial charge in [0.1, 0.15) is 0 Å². The molecular formula is C14H15F3N2O. The van der Waals surface area contributed by atoms with E-state index in [1.54, 1.807) is 11.0 Å². The van der Waals surface area contributed by atoms with Gasteiger partial charge in [-0.05, 0) is 18.1 Å². The summed E-state index contributed by atoms with van der Waals surface area (Å²) in [5.74, 6) is -0.488. The van der Waals surface area contributed by atoms with Crippen LogP contribution in [0.5, 0.6) is 0 Å². The molecule has 2 atom stereocenters. The Morgan fingerprint density at radius 1 is 1.40 bits per heavy atom. The lowest BCUT2D eigenvalue weighted by atomic mass is 9.93. The molecule has 0 unspecified atom stereocenters. The van der Waals surface area contributed by atoms with Gasteiger partial charge in [-0.1, -0.05) is 19.1 Å². The molecule has 0 aliphatic carbocycles. The lowest BCUT2D eigenvalue weighted by Gasteiger charge is -2.37. The SMILES string of the molecule is CC[C@@H]1NCCN2C(=O)c3c(cccc3C(F)(F)F)[C@H]12. The van der Waals surface area contributed by atoms with Crippen LogP contribution in [0, 0.1) is 0 Å². The summed E-state index contributed by atoms with van der Waals surface area (Å²) in [6, 6.07) is 3.75. The van der Waals surface area contributed by atoms with E-state index in [-0.39, 0.29) is 17.6 Å². The molecule has 1 aromatic rings.